The molecule has 174 valence electrons. The number of rotatable bonds is 9. The maximum Gasteiger partial charge on any atom is 0.154 e. The molecule has 3 aliphatic rings. The van der Waals surface area contributed by atoms with Gasteiger partial charge in [0.05, 0.1) is 19.7 Å². The van der Waals surface area contributed by atoms with Crippen LogP contribution in [0, 0.1) is 23.2 Å². The highest BCUT2D eigenvalue weighted by atomic mass is 79.9. The quantitative estimate of drug-likeness (QED) is 0.221. The Kier molecular flexibility index (Phi) is 6.90. The van der Waals surface area contributed by atoms with Gasteiger partial charge in [-0.3, -0.25) is 0 Å². The summed E-state index contributed by atoms with van der Waals surface area (Å²) in [5.41, 5.74) is 2.33. The maximum atomic E-state index is 10.6. The van der Waals surface area contributed by atoms with Crippen molar-refractivity contribution in [3.63, 3.8) is 0 Å². The van der Waals surface area contributed by atoms with Crippen molar-refractivity contribution in [1.82, 2.24) is 0 Å². The minimum atomic E-state index is -0.556. The van der Waals surface area contributed by atoms with Gasteiger partial charge in [0, 0.05) is 18.8 Å². The molecule has 1 aliphatic heterocycles. The lowest BCUT2D eigenvalue weighted by atomic mass is 9.58. The van der Waals surface area contributed by atoms with Gasteiger partial charge in [-0.15, -0.1) is 6.58 Å². The van der Waals surface area contributed by atoms with Gasteiger partial charge in [0.1, 0.15) is 11.5 Å². The van der Waals surface area contributed by atoms with Crippen LogP contribution in [0.15, 0.2) is 73.3 Å². The van der Waals surface area contributed by atoms with Crippen LogP contribution in [-0.4, -0.2) is 29.7 Å². The molecule has 0 aromatic heterocycles. The molecule has 2 saturated carbocycles. The van der Waals surface area contributed by atoms with Crippen LogP contribution in [-0.2, 0) is 5.41 Å². The first kappa shape index (κ1) is 24.2. The molecule has 5 rings (SSSR count). The van der Waals surface area contributed by atoms with E-state index in [2.05, 4.69) is 86.4 Å². The zero-order valence-corrected chi connectivity index (χ0v) is 21.5. The molecule has 5 atom stereocenters. The first-order valence-electron chi connectivity index (χ1n) is 12.6. The number of allylic oxidation sites excluding steroid dienone is 1. The van der Waals surface area contributed by atoms with E-state index < -0.39 is 5.41 Å². The minimum Gasteiger partial charge on any atom is -1.00 e. The monoisotopic (exact) mass is 504 g/mol. The largest absolute Gasteiger partial charge is 1.00 e. The Morgan fingerprint density at radius 3 is 2.21 bits per heavy atom. The fourth-order valence-electron chi connectivity index (χ4n) is 7.83. The third-order valence-electron chi connectivity index (χ3n) is 9.52. The second-order valence-electron chi connectivity index (χ2n) is 10.8. The topological polar surface area (TPSA) is 23.8 Å². The summed E-state index contributed by atoms with van der Waals surface area (Å²) in [5.74, 6) is 1.48. The summed E-state index contributed by atoms with van der Waals surface area (Å²) in [4.78, 5) is 0. The van der Waals surface area contributed by atoms with Crippen LogP contribution >= 0.6 is 0 Å². The molecule has 2 aromatic rings. The van der Waals surface area contributed by atoms with E-state index in [1.807, 2.05) is 0 Å². The van der Waals surface area contributed by atoms with Crippen LogP contribution in [0.3, 0.4) is 0 Å². The van der Waals surface area contributed by atoms with Gasteiger partial charge in [0.2, 0.25) is 0 Å². The number of hydrogen-bond acceptors (Lipinski definition) is 1. The predicted octanol–water partition coefficient (Wildman–Crippen LogP) is 3.63. The van der Waals surface area contributed by atoms with Crippen molar-refractivity contribution in [2.45, 2.75) is 68.4 Å². The fourth-order valence-corrected chi connectivity index (χ4v) is 7.83. The van der Waals surface area contributed by atoms with E-state index in [0.717, 1.165) is 35.9 Å². The fraction of sp³-hybridized carbons (Fsp3) is 0.500. The van der Waals surface area contributed by atoms with Crippen LogP contribution in [0.5, 0.6) is 0 Å². The molecule has 0 N–H and O–H groups in total. The molecular formula is C30H37BrN2. The van der Waals surface area contributed by atoms with Crippen molar-refractivity contribution in [3.8, 4) is 6.07 Å². The third-order valence-corrected chi connectivity index (χ3v) is 9.52. The Labute approximate surface area is 210 Å². The van der Waals surface area contributed by atoms with E-state index in [9.17, 15) is 5.26 Å². The van der Waals surface area contributed by atoms with Gasteiger partial charge in [-0.05, 0) is 55.6 Å². The Hall–Kier alpha value is -1.89. The third kappa shape index (κ3) is 3.71. The van der Waals surface area contributed by atoms with Crippen LogP contribution in [0.4, 0.5) is 0 Å². The SMILES string of the molecule is C=CCCCC[N+]1(C)[C@H]2C[C@H](CC(C#N)(c3ccccc3)c3ccccc3)C[C@@H]3CCC321.[Br-]. The van der Waals surface area contributed by atoms with E-state index in [1.165, 1.54) is 49.6 Å². The number of nitrogens with zero attached hydrogens (tertiary/aromatic N) is 2. The predicted molar refractivity (Wildman–Crippen MR) is 131 cm³/mol. The molecule has 2 nitrogen and oxygen atoms in total. The highest BCUT2D eigenvalue weighted by Crippen LogP contribution is 2.70. The van der Waals surface area contributed by atoms with Gasteiger partial charge in [0.25, 0.3) is 0 Å². The minimum absolute atomic E-state index is 0. The number of hydrogen-bond donors (Lipinski definition) is 0. The summed E-state index contributed by atoms with van der Waals surface area (Å²) in [7, 11) is 2.54. The summed E-state index contributed by atoms with van der Waals surface area (Å²) < 4.78 is 1.31. The highest BCUT2D eigenvalue weighted by molar-refractivity contribution is 5.46. The normalized spacial score (nSPS) is 31.7. The molecule has 33 heavy (non-hydrogen) atoms. The van der Waals surface area contributed by atoms with E-state index in [-0.39, 0.29) is 17.0 Å². The molecule has 3 fully saturated rings. The van der Waals surface area contributed by atoms with Gasteiger partial charge in [0.15, 0.2) is 5.54 Å². The molecule has 1 spiro atoms. The maximum absolute atomic E-state index is 10.6. The zero-order valence-electron chi connectivity index (χ0n) is 19.9. The number of unbranched alkanes of at least 4 members (excludes halogenated alkanes) is 2. The van der Waals surface area contributed by atoms with E-state index in [4.69, 9.17) is 0 Å². The molecule has 1 saturated heterocycles. The number of benzene rings is 2. The Bertz CT molecular complexity index is 957. The van der Waals surface area contributed by atoms with Gasteiger partial charge < -0.3 is 21.5 Å². The zero-order chi connectivity index (χ0) is 22.2. The second kappa shape index (κ2) is 9.40. The van der Waals surface area contributed by atoms with Gasteiger partial charge in [-0.1, -0.05) is 66.7 Å². The van der Waals surface area contributed by atoms with Crippen molar-refractivity contribution < 1.29 is 21.5 Å². The Balaban J connectivity index is 0.00000259. The van der Waals surface area contributed by atoms with Crippen LogP contribution < -0.4 is 17.0 Å². The van der Waals surface area contributed by atoms with Crippen molar-refractivity contribution in [3.05, 3.63) is 84.4 Å². The Morgan fingerprint density at radius 1 is 1.06 bits per heavy atom. The molecule has 1 heterocycles. The number of halogens is 1. The summed E-state index contributed by atoms with van der Waals surface area (Å²) in [6.07, 6.45) is 12.1. The Morgan fingerprint density at radius 2 is 1.70 bits per heavy atom. The summed E-state index contributed by atoms with van der Waals surface area (Å²) >= 11 is 0. The number of nitriles is 1. The van der Waals surface area contributed by atoms with Crippen molar-refractivity contribution in [2.24, 2.45) is 11.8 Å². The number of likely N-dealkylation sites (tertiary alicyclic amines) is 1. The molecule has 2 aromatic carbocycles. The number of likely N-dealkylation sites (N-methyl/N-ethyl adjacent to an activating group) is 1. The van der Waals surface area contributed by atoms with E-state index in [1.54, 1.807) is 0 Å². The van der Waals surface area contributed by atoms with Gasteiger partial charge in [-0.25, -0.2) is 0 Å². The standard InChI is InChI=1S/C30H37N2.BrH/c1-3-4-5-12-19-32(2)28-21-24(20-27-17-18-30(27,28)32)22-29(23-31,25-13-8-6-9-14-25)26-15-10-7-11-16-26;/h3,6-11,13-16,24,27-28H,1,4-5,12,17-22H2,2H3;1H/q+1;/p-1/t24-,27+,28+,30?,32?;/m1./s1. The van der Waals surface area contributed by atoms with Gasteiger partial charge >= 0.3 is 0 Å². The second-order valence-corrected chi connectivity index (χ2v) is 10.8. The molecule has 0 amide bonds. The highest BCUT2D eigenvalue weighted by Gasteiger charge is 2.83. The smallest absolute Gasteiger partial charge is 0.154 e. The van der Waals surface area contributed by atoms with E-state index >= 15 is 0 Å². The molecule has 2 aliphatic carbocycles. The summed E-state index contributed by atoms with van der Waals surface area (Å²) in [6, 6.07) is 24.7. The average molecular weight is 506 g/mol. The summed E-state index contributed by atoms with van der Waals surface area (Å²) in [5, 5.41) is 10.6. The van der Waals surface area contributed by atoms with Crippen LogP contribution in [0.25, 0.3) is 0 Å². The molecule has 0 bridgehead atoms. The van der Waals surface area contributed by atoms with Crippen molar-refractivity contribution in [2.75, 3.05) is 13.6 Å². The molecule has 2 unspecified atom stereocenters. The summed E-state index contributed by atoms with van der Waals surface area (Å²) in [6.45, 7) is 5.21. The molecule has 0 radical (unpaired) electrons. The van der Waals surface area contributed by atoms with Gasteiger partial charge in [-0.2, -0.15) is 5.26 Å². The van der Waals surface area contributed by atoms with E-state index in [0.29, 0.717) is 11.5 Å². The average Bonchev–Trinajstić information content (AvgIpc) is 3.39. The first-order valence-corrected chi connectivity index (χ1v) is 12.6. The molecular weight excluding hydrogens is 468 g/mol. The lowest BCUT2D eigenvalue weighted by Gasteiger charge is -2.42. The lowest BCUT2D eigenvalue weighted by Crippen LogP contribution is -3.00. The molecule has 3 heteroatoms. The van der Waals surface area contributed by atoms with Crippen LogP contribution in [0.2, 0.25) is 0 Å². The number of quaternary nitrogens is 1. The van der Waals surface area contributed by atoms with Crippen molar-refractivity contribution >= 4 is 0 Å². The first-order chi connectivity index (χ1) is 15.6. The lowest BCUT2D eigenvalue weighted by molar-refractivity contribution is -0.828. The van der Waals surface area contributed by atoms with Crippen LogP contribution in [0.1, 0.15) is 62.5 Å². The van der Waals surface area contributed by atoms with Crippen molar-refractivity contribution in [1.29, 1.82) is 5.26 Å².